The summed E-state index contributed by atoms with van der Waals surface area (Å²) in [4.78, 5) is 22.6. The van der Waals surface area contributed by atoms with Crippen LogP contribution < -0.4 is 10.1 Å². The molecule has 1 aromatic carbocycles. The minimum Gasteiger partial charge on any atom is -0.483 e. The predicted octanol–water partition coefficient (Wildman–Crippen LogP) is 3.07. The first-order valence-electron chi connectivity index (χ1n) is 5.55. The van der Waals surface area contributed by atoms with Gasteiger partial charge in [0.1, 0.15) is 10.6 Å². The van der Waals surface area contributed by atoms with E-state index in [0.717, 1.165) is 20.6 Å². The lowest BCUT2D eigenvalue weighted by atomic mass is 10.3. The number of ether oxygens (including phenoxy) is 1. The highest BCUT2D eigenvalue weighted by atomic mass is 127. The Morgan fingerprint density at radius 3 is 2.75 bits per heavy atom. The average molecular weight is 403 g/mol. The smallest absolute Gasteiger partial charge is 0.346 e. The van der Waals surface area contributed by atoms with Gasteiger partial charge >= 0.3 is 5.97 Å². The van der Waals surface area contributed by atoms with E-state index in [1.807, 2.05) is 18.2 Å². The summed E-state index contributed by atoms with van der Waals surface area (Å²) >= 11 is 3.18. The number of benzene rings is 1. The number of amides is 1. The van der Waals surface area contributed by atoms with Crippen molar-refractivity contribution in [1.82, 2.24) is 0 Å². The lowest BCUT2D eigenvalue weighted by molar-refractivity contribution is -0.118. The molecule has 0 atom stereocenters. The number of carbonyl (C=O) groups excluding carboxylic acids is 1. The van der Waals surface area contributed by atoms with Crippen LogP contribution in [-0.4, -0.2) is 23.6 Å². The molecule has 0 aliphatic carbocycles. The fourth-order valence-corrected chi connectivity index (χ4v) is 2.59. The first-order chi connectivity index (χ1) is 9.56. The highest BCUT2D eigenvalue weighted by Crippen LogP contribution is 2.21. The lowest BCUT2D eigenvalue weighted by Crippen LogP contribution is -2.20. The molecule has 0 saturated heterocycles. The number of nitrogens with one attached hydrogen (secondary N) is 1. The zero-order valence-electron chi connectivity index (χ0n) is 10.1. The lowest BCUT2D eigenvalue weighted by Gasteiger charge is -2.07. The summed E-state index contributed by atoms with van der Waals surface area (Å²) in [6, 6.07) is 8.79. The third-order valence-electron chi connectivity index (χ3n) is 2.30. The van der Waals surface area contributed by atoms with Crippen molar-refractivity contribution in [3.8, 4) is 5.75 Å². The molecule has 5 nitrogen and oxygen atoms in total. The van der Waals surface area contributed by atoms with Crippen molar-refractivity contribution in [2.75, 3.05) is 11.9 Å². The van der Waals surface area contributed by atoms with Crippen LogP contribution in [0, 0.1) is 3.57 Å². The summed E-state index contributed by atoms with van der Waals surface area (Å²) in [5.74, 6) is -0.921. The second kappa shape index (κ2) is 6.71. The molecule has 1 heterocycles. The largest absolute Gasteiger partial charge is 0.483 e. The van der Waals surface area contributed by atoms with Crippen molar-refractivity contribution in [1.29, 1.82) is 0 Å². The van der Waals surface area contributed by atoms with Gasteiger partial charge in [0, 0.05) is 15.0 Å². The highest BCUT2D eigenvalue weighted by Gasteiger charge is 2.10. The van der Waals surface area contributed by atoms with Gasteiger partial charge in [-0.1, -0.05) is 12.1 Å². The maximum Gasteiger partial charge on any atom is 0.346 e. The maximum absolute atomic E-state index is 11.7. The summed E-state index contributed by atoms with van der Waals surface area (Å²) in [7, 11) is 0. The zero-order chi connectivity index (χ0) is 14.5. The molecule has 2 N–H and O–H groups in total. The molecular weight excluding hydrogens is 393 g/mol. The van der Waals surface area contributed by atoms with Crippen LogP contribution in [-0.2, 0) is 4.79 Å². The molecule has 0 spiro atoms. The molecule has 0 fully saturated rings. The zero-order valence-corrected chi connectivity index (χ0v) is 13.1. The van der Waals surface area contributed by atoms with Gasteiger partial charge in [-0.2, -0.15) is 0 Å². The normalized spacial score (nSPS) is 10.1. The molecule has 0 bridgehead atoms. The molecule has 0 unspecified atom stereocenters. The minimum atomic E-state index is -1.01. The number of rotatable bonds is 5. The van der Waals surface area contributed by atoms with Crippen molar-refractivity contribution in [3.63, 3.8) is 0 Å². The fraction of sp³-hybridized carbons (Fsp3) is 0.0769. The number of thiophene rings is 1. The van der Waals surface area contributed by atoms with Crippen LogP contribution in [0.1, 0.15) is 9.67 Å². The van der Waals surface area contributed by atoms with Gasteiger partial charge < -0.3 is 15.2 Å². The summed E-state index contributed by atoms with van der Waals surface area (Å²) in [5.41, 5.74) is 0.721. The van der Waals surface area contributed by atoms with Crippen molar-refractivity contribution < 1.29 is 19.4 Å². The number of para-hydroxylation sites is 1. The maximum atomic E-state index is 11.7. The van der Waals surface area contributed by atoms with Crippen LogP contribution in [0.4, 0.5) is 5.69 Å². The van der Waals surface area contributed by atoms with E-state index < -0.39 is 5.97 Å². The molecule has 0 saturated carbocycles. The standard InChI is InChI=1S/C13H10INO4S/c14-9-3-1-2-4-10(9)15-12(16)6-19-8-5-11(13(17)18)20-7-8/h1-5,7H,6H2,(H,15,16)(H,17,18). The Bertz CT molecular complexity index is 641. The van der Waals surface area contributed by atoms with Crippen molar-refractivity contribution >= 4 is 51.5 Å². The molecule has 0 radical (unpaired) electrons. The van der Waals surface area contributed by atoms with Gasteiger partial charge in [0.25, 0.3) is 5.91 Å². The molecule has 104 valence electrons. The Balaban J connectivity index is 1.89. The number of halogens is 1. The van der Waals surface area contributed by atoms with Crippen molar-refractivity contribution in [3.05, 3.63) is 44.2 Å². The first-order valence-corrected chi connectivity index (χ1v) is 7.51. The van der Waals surface area contributed by atoms with Gasteiger partial charge in [0.2, 0.25) is 0 Å². The molecule has 7 heteroatoms. The van der Waals surface area contributed by atoms with E-state index in [-0.39, 0.29) is 17.4 Å². The quantitative estimate of drug-likeness (QED) is 0.753. The van der Waals surface area contributed by atoms with E-state index >= 15 is 0 Å². The van der Waals surface area contributed by atoms with Crippen molar-refractivity contribution in [2.24, 2.45) is 0 Å². The van der Waals surface area contributed by atoms with Gasteiger partial charge in [0.15, 0.2) is 6.61 Å². The Hall–Kier alpha value is -1.61. The number of carboxylic acid groups (broad SMARTS) is 1. The average Bonchev–Trinajstić information content (AvgIpc) is 2.88. The van der Waals surface area contributed by atoms with Gasteiger partial charge in [-0.25, -0.2) is 4.79 Å². The fourth-order valence-electron chi connectivity index (χ4n) is 1.40. The van der Waals surface area contributed by atoms with Crippen molar-refractivity contribution in [2.45, 2.75) is 0 Å². The molecule has 1 aromatic heterocycles. The summed E-state index contributed by atoms with van der Waals surface area (Å²) in [6.07, 6.45) is 0. The second-order valence-electron chi connectivity index (χ2n) is 3.77. The monoisotopic (exact) mass is 403 g/mol. The van der Waals surface area contributed by atoms with E-state index in [9.17, 15) is 9.59 Å². The van der Waals surface area contributed by atoms with E-state index in [0.29, 0.717) is 5.75 Å². The van der Waals surface area contributed by atoms with E-state index in [1.54, 1.807) is 11.4 Å². The van der Waals surface area contributed by atoms with E-state index in [1.165, 1.54) is 6.07 Å². The Kier molecular flexibility index (Phi) is 4.96. The molecule has 2 aromatic rings. The van der Waals surface area contributed by atoms with E-state index in [2.05, 4.69) is 27.9 Å². The second-order valence-corrected chi connectivity index (χ2v) is 5.84. The van der Waals surface area contributed by atoms with Gasteiger partial charge in [-0.15, -0.1) is 11.3 Å². The summed E-state index contributed by atoms with van der Waals surface area (Å²) in [5, 5.41) is 13.1. The topological polar surface area (TPSA) is 75.6 Å². The SMILES string of the molecule is O=C(COc1csc(C(=O)O)c1)Nc1ccccc1I. The molecule has 1 amide bonds. The third-order valence-corrected chi connectivity index (χ3v) is 4.14. The van der Waals surface area contributed by atoms with Gasteiger partial charge in [0.05, 0.1) is 5.69 Å². The van der Waals surface area contributed by atoms with Crippen LogP contribution in [0.5, 0.6) is 5.75 Å². The van der Waals surface area contributed by atoms with Gasteiger partial charge in [-0.05, 0) is 34.7 Å². The molecule has 0 aliphatic heterocycles. The van der Waals surface area contributed by atoms with Crippen LogP contribution in [0.3, 0.4) is 0 Å². The third kappa shape index (κ3) is 3.94. The van der Waals surface area contributed by atoms with Crippen LogP contribution >= 0.6 is 33.9 Å². The Morgan fingerprint density at radius 1 is 1.35 bits per heavy atom. The van der Waals surface area contributed by atoms with E-state index in [4.69, 9.17) is 9.84 Å². The predicted molar refractivity (Wildman–Crippen MR) is 84.6 cm³/mol. The Labute approximate surface area is 132 Å². The minimum absolute atomic E-state index is 0.166. The van der Waals surface area contributed by atoms with Crippen LogP contribution in [0.25, 0.3) is 0 Å². The number of anilines is 1. The number of carbonyl (C=O) groups is 2. The molecule has 20 heavy (non-hydrogen) atoms. The van der Waals surface area contributed by atoms with Crippen LogP contribution in [0.15, 0.2) is 35.7 Å². The van der Waals surface area contributed by atoms with Gasteiger partial charge in [-0.3, -0.25) is 4.79 Å². The number of hydrogen-bond acceptors (Lipinski definition) is 4. The van der Waals surface area contributed by atoms with Crippen LogP contribution in [0.2, 0.25) is 0 Å². The first kappa shape index (κ1) is 14.8. The summed E-state index contributed by atoms with van der Waals surface area (Å²) in [6.45, 7) is -0.166. The number of hydrogen-bond donors (Lipinski definition) is 2. The molecular formula is C13H10INO4S. The Morgan fingerprint density at radius 2 is 2.10 bits per heavy atom. The molecule has 0 aliphatic rings. The number of carboxylic acids is 1. The number of aromatic carboxylic acids is 1. The summed E-state index contributed by atoms with van der Waals surface area (Å²) < 4.78 is 6.18. The molecule has 2 rings (SSSR count). The highest BCUT2D eigenvalue weighted by molar-refractivity contribution is 14.1.